The minimum absolute atomic E-state index is 0.230. The van der Waals surface area contributed by atoms with Gasteiger partial charge in [0.2, 0.25) is 5.83 Å². The molecule has 1 aromatic carbocycles. The first-order chi connectivity index (χ1) is 11.4. The summed E-state index contributed by atoms with van der Waals surface area (Å²) in [5.41, 5.74) is 3.90. The second-order valence-electron chi connectivity index (χ2n) is 4.90. The minimum Gasteiger partial charge on any atom is -0.467 e. The van der Waals surface area contributed by atoms with E-state index in [0.717, 1.165) is 7.11 Å². The van der Waals surface area contributed by atoms with Crippen LogP contribution < -0.4 is 5.73 Å². The zero-order chi connectivity index (χ0) is 18.2. The number of carbonyl (C=O) groups is 2. The molecule has 0 aromatic heterocycles. The molecule has 5 nitrogen and oxygen atoms in total. The van der Waals surface area contributed by atoms with Gasteiger partial charge in [-0.05, 0) is 24.0 Å². The first-order valence-electron chi connectivity index (χ1n) is 6.99. The van der Waals surface area contributed by atoms with Gasteiger partial charge in [0.15, 0.2) is 11.4 Å². The largest absolute Gasteiger partial charge is 0.467 e. The number of hydrogen-bond donors (Lipinski definition) is 1. The molecule has 1 atom stereocenters. The highest BCUT2D eigenvalue weighted by molar-refractivity contribution is 7.98. The van der Waals surface area contributed by atoms with Gasteiger partial charge in [0, 0.05) is 0 Å². The average Bonchev–Trinajstić information content (AvgIpc) is 2.62. The monoisotopic (exact) mass is 359 g/mol. The Labute approximate surface area is 143 Å². The third-order valence-electron chi connectivity index (χ3n) is 3.23. The number of hydrogen-bond acceptors (Lipinski definition) is 6. The molecule has 0 radical (unpaired) electrons. The molecule has 0 saturated heterocycles. The van der Waals surface area contributed by atoms with Gasteiger partial charge in [-0.15, -0.1) is 0 Å². The van der Waals surface area contributed by atoms with Crippen LogP contribution >= 0.6 is 11.8 Å². The maximum absolute atomic E-state index is 14.4. The fraction of sp³-hybridized carbons (Fsp3) is 0.375. The molecule has 0 amide bonds. The number of rotatable bonds is 8. The van der Waals surface area contributed by atoms with Gasteiger partial charge in [-0.2, -0.15) is 16.2 Å². The van der Waals surface area contributed by atoms with Crippen LogP contribution in [0.1, 0.15) is 12.0 Å². The Bertz CT molecular complexity index is 609. The molecule has 0 bridgehead atoms. The van der Waals surface area contributed by atoms with Crippen LogP contribution in [0.2, 0.25) is 0 Å². The molecule has 8 heteroatoms. The predicted octanol–water partition coefficient (Wildman–Crippen LogP) is 2.50. The SMILES string of the molecule is COC(=O)C(N)(CCSC)/C(F)=C(\F)C(=O)OCc1ccccc1. The first-order valence-corrected chi connectivity index (χ1v) is 8.39. The second-order valence-corrected chi connectivity index (χ2v) is 5.88. The lowest BCUT2D eigenvalue weighted by molar-refractivity contribution is -0.146. The summed E-state index contributed by atoms with van der Waals surface area (Å²) < 4.78 is 37.5. The molecule has 0 saturated carbocycles. The molecule has 0 aliphatic carbocycles. The number of thioether (sulfide) groups is 1. The van der Waals surface area contributed by atoms with E-state index in [9.17, 15) is 18.4 Å². The van der Waals surface area contributed by atoms with E-state index >= 15 is 0 Å². The van der Waals surface area contributed by atoms with Crippen LogP contribution in [-0.4, -0.2) is 36.6 Å². The van der Waals surface area contributed by atoms with Crippen molar-refractivity contribution in [2.75, 3.05) is 19.1 Å². The molecule has 1 unspecified atom stereocenters. The van der Waals surface area contributed by atoms with Gasteiger partial charge in [-0.1, -0.05) is 30.3 Å². The topological polar surface area (TPSA) is 78.6 Å². The summed E-state index contributed by atoms with van der Waals surface area (Å²) in [4.78, 5) is 23.4. The van der Waals surface area contributed by atoms with Gasteiger partial charge < -0.3 is 15.2 Å². The van der Waals surface area contributed by atoms with Crippen molar-refractivity contribution < 1.29 is 27.8 Å². The highest BCUT2D eigenvalue weighted by atomic mass is 32.2. The third kappa shape index (κ3) is 5.04. The average molecular weight is 359 g/mol. The lowest BCUT2D eigenvalue weighted by Crippen LogP contribution is -2.50. The first kappa shape index (κ1) is 20.1. The van der Waals surface area contributed by atoms with E-state index in [2.05, 4.69) is 4.74 Å². The Kier molecular flexibility index (Phi) is 7.87. The highest BCUT2D eigenvalue weighted by Crippen LogP contribution is 2.27. The summed E-state index contributed by atoms with van der Waals surface area (Å²) in [6.45, 7) is -0.235. The van der Waals surface area contributed by atoms with Crippen molar-refractivity contribution in [1.82, 2.24) is 0 Å². The normalized spacial score (nSPS) is 14.4. The minimum atomic E-state index is -2.37. The van der Waals surface area contributed by atoms with Gasteiger partial charge >= 0.3 is 11.9 Å². The van der Waals surface area contributed by atoms with Gasteiger partial charge in [-0.3, -0.25) is 0 Å². The zero-order valence-corrected chi connectivity index (χ0v) is 14.2. The van der Waals surface area contributed by atoms with Crippen LogP contribution in [0, 0.1) is 0 Å². The molecule has 2 N–H and O–H groups in total. The molecule has 0 spiro atoms. The van der Waals surface area contributed by atoms with Crippen molar-refractivity contribution >= 4 is 23.7 Å². The number of carbonyl (C=O) groups excluding carboxylic acids is 2. The number of ether oxygens (including phenoxy) is 2. The van der Waals surface area contributed by atoms with Crippen molar-refractivity contribution in [3.8, 4) is 0 Å². The fourth-order valence-electron chi connectivity index (χ4n) is 1.82. The quantitative estimate of drug-likeness (QED) is 0.568. The van der Waals surface area contributed by atoms with E-state index in [1.807, 2.05) is 0 Å². The number of nitrogens with two attached hydrogens (primary N) is 1. The lowest BCUT2D eigenvalue weighted by atomic mass is 9.95. The molecular formula is C16H19F2NO4S. The van der Waals surface area contributed by atoms with Gasteiger partial charge in [0.25, 0.3) is 0 Å². The Morgan fingerprint density at radius 2 is 1.88 bits per heavy atom. The lowest BCUT2D eigenvalue weighted by Gasteiger charge is -2.24. The summed E-state index contributed by atoms with van der Waals surface area (Å²) >= 11 is 1.29. The summed E-state index contributed by atoms with van der Waals surface area (Å²) in [7, 11) is 1.00. The van der Waals surface area contributed by atoms with Gasteiger partial charge in [0.1, 0.15) is 6.61 Å². The van der Waals surface area contributed by atoms with Crippen molar-refractivity contribution in [3.05, 3.63) is 47.5 Å². The van der Waals surface area contributed by atoms with E-state index in [1.54, 1.807) is 36.6 Å². The maximum Gasteiger partial charge on any atom is 0.370 e. The van der Waals surface area contributed by atoms with Crippen molar-refractivity contribution in [3.63, 3.8) is 0 Å². The van der Waals surface area contributed by atoms with Crippen LogP contribution in [0.15, 0.2) is 42.0 Å². The number of esters is 2. The van der Waals surface area contributed by atoms with Crippen LogP contribution in [0.4, 0.5) is 8.78 Å². The van der Waals surface area contributed by atoms with Crippen LogP contribution in [0.5, 0.6) is 0 Å². The van der Waals surface area contributed by atoms with Crippen molar-refractivity contribution in [2.45, 2.75) is 18.6 Å². The Hall–Kier alpha value is -1.93. The highest BCUT2D eigenvalue weighted by Gasteiger charge is 2.43. The number of halogens is 2. The van der Waals surface area contributed by atoms with E-state index in [1.165, 1.54) is 11.8 Å². The predicted molar refractivity (Wildman–Crippen MR) is 87.4 cm³/mol. The summed E-state index contributed by atoms with van der Waals surface area (Å²) in [5, 5.41) is 0. The van der Waals surface area contributed by atoms with E-state index in [-0.39, 0.29) is 18.8 Å². The standard InChI is InChI=1S/C16H19F2NO4S/c1-22-15(21)16(19,8-9-24-2)13(18)12(17)14(20)23-10-11-6-4-3-5-7-11/h3-7H,8-10,19H2,1-2H3/b13-12+. The van der Waals surface area contributed by atoms with Gasteiger partial charge in [-0.25, -0.2) is 14.0 Å². The Morgan fingerprint density at radius 1 is 1.25 bits per heavy atom. The molecule has 0 fully saturated rings. The fourth-order valence-corrected chi connectivity index (χ4v) is 2.34. The molecule has 24 heavy (non-hydrogen) atoms. The van der Waals surface area contributed by atoms with E-state index in [0.29, 0.717) is 5.56 Å². The van der Waals surface area contributed by atoms with E-state index < -0.39 is 29.1 Å². The second kappa shape index (κ2) is 9.39. The molecule has 1 aromatic rings. The third-order valence-corrected chi connectivity index (χ3v) is 3.84. The number of methoxy groups -OCH3 is 1. The van der Waals surface area contributed by atoms with Crippen LogP contribution in [0.3, 0.4) is 0 Å². The number of benzene rings is 1. The molecule has 1 rings (SSSR count). The molecular weight excluding hydrogens is 340 g/mol. The summed E-state index contributed by atoms with van der Waals surface area (Å²) in [6, 6.07) is 8.49. The molecule has 0 aliphatic rings. The van der Waals surface area contributed by atoms with Crippen molar-refractivity contribution in [1.29, 1.82) is 0 Å². The van der Waals surface area contributed by atoms with Crippen molar-refractivity contribution in [2.24, 2.45) is 5.73 Å². The molecule has 132 valence electrons. The summed E-state index contributed by atoms with van der Waals surface area (Å²) in [6.07, 6.45) is 1.48. The smallest absolute Gasteiger partial charge is 0.370 e. The molecule has 0 aliphatic heterocycles. The summed E-state index contributed by atoms with van der Waals surface area (Å²) in [5.74, 6) is -5.95. The van der Waals surface area contributed by atoms with Gasteiger partial charge in [0.05, 0.1) is 7.11 Å². The Morgan fingerprint density at radius 3 is 2.42 bits per heavy atom. The maximum atomic E-state index is 14.4. The Balaban J connectivity index is 2.93. The van der Waals surface area contributed by atoms with Crippen LogP contribution in [-0.2, 0) is 25.7 Å². The molecule has 0 heterocycles. The van der Waals surface area contributed by atoms with Crippen LogP contribution in [0.25, 0.3) is 0 Å². The zero-order valence-electron chi connectivity index (χ0n) is 13.4. The van der Waals surface area contributed by atoms with E-state index in [4.69, 9.17) is 10.5 Å².